The zero-order valence-electron chi connectivity index (χ0n) is 15.8. The average Bonchev–Trinajstić information content (AvgIpc) is 3.15. The van der Waals surface area contributed by atoms with E-state index in [0.29, 0.717) is 6.04 Å². The molecule has 146 valence electrons. The van der Waals surface area contributed by atoms with E-state index in [0.717, 1.165) is 25.2 Å². The lowest BCUT2D eigenvalue weighted by Crippen LogP contribution is -2.34. The van der Waals surface area contributed by atoms with Crippen LogP contribution in [0.1, 0.15) is 24.9 Å². The summed E-state index contributed by atoms with van der Waals surface area (Å²) in [5.74, 6) is 0. The lowest BCUT2D eigenvalue weighted by atomic mass is 9.99. The van der Waals surface area contributed by atoms with Crippen LogP contribution in [-0.2, 0) is 4.57 Å². The molecule has 0 unspecified atom stereocenters. The van der Waals surface area contributed by atoms with Crippen molar-refractivity contribution in [2.24, 2.45) is 0 Å². The maximum Gasteiger partial charge on any atom is 0.356 e. The van der Waals surface area contributed by atoms with Gasteiger partial charge in [-0.05, 0) is 53.9 Å². The zero-order chi connectivity index (χ0) is 19.7. The molecule has 3 aromatic carbocycles. The molecular formula is C22H25N2O3P. The van der Waals surface area contributed by atoms with E-state index < -0.39 is 7.60 Å². The van der Waals surface area contributed by atoms with Gasteiger partial charge in [-0.1, -0.05) is 42.5 Å². The third-order valence-electron chi connectivity index (χ3n) is 5.52. The van der Waals surface area contributed by atoms with Gasteiger partial charge in [-0.25, -0.2) is 0 Å². The SMILES string of the molecule is C[C@@H](N[C@H]1CCN(c2ccc(P(=O)(O)O)cc2)C1)c1cccc2ccccc12. The molecule has 3 aromatic rings. The highest BCUT2D eigenvalue weighted by atomic mass is 31.2. The Bertz CT molecular complexity index is 1010. The first-order chi connectivity index (χ1) is 13.4. The first kappa shape index (κ1) is 19.2. The standard InChI is InChI=1S/C22H25N2O3P/c1-16(21-8-4-6-17-5-2-3-7-22(17)21)23-18-13-14-24(15-18)19-9-11-20(12-10-19)28(25,26)27/h2-12,16,18,23H,13-15H2,1H3,(H2,25,26,27)/t16-,18+/m1/s1. The smallest absolute Gasteiger partial charge is 0.356 e. The largest absolute Gasteiger partial charge is 0.370 e. The van der Waals surface area contributed by atoms with Crippen LogP contribution in [0.3, 0.4) is 0 Å². The van der Waals surface area contributed by atoms with Gasteiger partial charge in [0, 0.05) is 30.9 Å². The normalized spacial score (nSPS) is 18.5. The van der Waals surface area contributed by atoms with Crippen molar-refractivity contribution < 1.29 is 14.4 Å². The number of nitrogens with zero attached hydrogens (tertiary/aromatic N) is 1. The van der Waals surface area contributed by atoms with Gasteiger partial charge >= 0.3 is 7.60 Å². The molecule has 0 spiro atoms. The van der Waals surface area contributed by atoms with Crippen LogP contribution in [0.25, 0.3) is 10.8 Å². The summed E-state index contributed by atoms with van der Waals surface area (Å²) in [6, 6.07) is 22.2. The number of fused-ring (bicyclic) bond motifs is 1. The van der Waals surface area contributed by atoms with Gasteiger partial charge in [0.05, 0.1) is 5.30 Å². The van der Waals surface area contributed by atoms with Crippen molar-refractivity contribution in [2.45, 2.75) is 25.4 Å². The van der Waals surface area contributed by atoms with Crippen LogP contribution < -0.4 is 15.5 Å². The molecule has 1 saturated heterocycles. The lowest BCUT2D eigenvalue weighted by molar-refractivity contribution is 0.387. The maximum atomic E-state index is 11.3. The molecule has 1 aliphatic rings. The molecule has 0 saturated carbocycles. The third-order valence-corrected chi connectivity index (χ3v) is 6.49. The first-order valence-corrected chi connectivity index (χ1v) is 11.2. The molecule has 0 aliphatic carbocycles. The average molecular weight is 396 g/mol. The Morgan fingerprint density at radius 3 is 2.50 bits per heavy atom. The molecule has 0 amide bonds. The molecule has 1 heterocycles. The van der Waals surface area contributed by atoms with E-state index in [1.165, 1.54) is 28.5 Å². The first-order valence-electron chi connectivity index (χ1n) is 9.56. The second-order valence-electron chi connectivity index (χ2n) is 7.45. The topological polar surface area (TPSA) is 72.8 Å². The number of benzene rings is 3. The van der Waals surface area contributed by atoms with Crippen molar-refractivity contribution in [3.05, 3.63) is 72.3 Å². The van der Waals surface area contributed by atoms with Gasteiger partial charge in [-0.3, -0.25) is 4.57 Å². The summed E-state index contributed by atoms with van der Waals surface area (Å²) in [6.07, 6.45) is 1.04. The summed E-state index contributed by atoms with van der Waals surface area (Å²) in [5, 5.41) is 6.36. The number of anilines is 1. The minimum atomic E-state index is -4.19. The van der Waals surface area contributed by atoms with E-state index in [2.05, 4.69) is 59.6 Å². The minimum absolute atomic E-state index is 0.0645. The van der Waals surface area contributed by atoms with Crippen molar-refractivity contribution >= 4 is 29.4 Å². The molecule has 5 nitrogen and oxygen atoms in total. The second kappa shape index (κ2) is 7.69. The number of nitrogens with one attached hydrogen (secondary N) is 1. The monoisotopic (exact) mass is 396 g/mol. The Labute approximate surface area is 165 Å². The summed E-state index contributed by atoms with van der Waals surface area (Å²) in [7, 11) is -4.19. The Morgan fingerprint density at radius 1 is 1.04 bits per heavy atom. The third kappa shape index (κ3) is 3.98. The molecule has 0 radical (unpaired) electrons. The minimum Gasteiger partial charge on any atom is -0.370 e. The lowest BCUT2D eigenvalue weighted by Gasteiger charge is -2.23. The number of rotatable bonds is 5. The fourth-order valence-electron chi connectivity index (χ4n) is 4.06. The summed E-state index contributed by atoms with van der Waals surface area (Å²) in [4.78, 5) is 20.8. The van der Waals surface area contributed by atoms with E-state index in [-0.39, 0.29) is 11.3 Å². The van der Waals surface area contributed by atoms with Crippen LogP contribution >= 0.6 is 7.60 Å². The van der Waals surface area contributed by atoms with Gasteiger partial charge < -0.3 is 20.0 Å². The van der Waals surface area contributed by atoms with Crippen LogP contribution in [0, 0.1) is 0 Å². The Kier molecular flexibility index (Phi) is 5.26. The molecule has 2 atom stereocenters. The zero-order valence-corrected chi connectivity index (χ0v) is 16.7. The number of hydrogen-bond donors (Lipinski definition) is 3. The highest BCUT2D eigenvalue weighted by Crippen LogP contribution is 2.34. The molecule has 0 aromatic heterocycles. The highest BCUT2D eigenvalue weighted by Gasteiger charge is 2.25. The van der Waals surface area contributed by atoms with E-state index >= 15 is 0 Å². The fourth-order valence-corrected chi connectivity index (χ4v) is 4.60. The van der Waals surface area contributed by atoms with Gasteiger partial charge in [-0.15, -0.1) is 0 Å². The molecule has 3 N–H and O–H groups in total. The Hall–Kier alpha value is -2.17. The van der Waals surface area contributed by atoms with Crippen LogP contribution in [0.5, 0.6) is 0 Å². The summed E-state index contributed by atoms with van der Waals surface area (Å²) < 4.78 is 11.3. The summed E-state index contributed by atoms with van der Waals surface area (Å²) >= 11 is 0. The van der Waals surface area contributed by atoms with Gasteiger partial charge in [0.25, 0.3) is 0 Å². The predicted molar refractivity (Wildman–Crippen MR) is 114 cm³/mol. The molecule has 1 fully saturated rings. The second-order valence-corrected chi connectivity index (χ2v) is 9.05. The van der Waals surface area contributed by atoms with E-state index in [9.17, 15) is 14.4 Å². The van der Waals surface area contributed by atoms with Crippen molar-refractivity contribution in [1.82, 2.24) is 5.32 Å². The molecule has 6 heteroatoms. The van der Waals surface area contributed by atoms with Gasteiger partial charge in [-0.2, -0.15) is 0 Å². The fraction of sp³-hybridized carbons (Fsp3) is 0.273. The summed E-state index contributed by atoms with van der Waals surface area (Å²) in [6.45, 7) is 4.01. The van der Waals surface area contributed by atoms with Gasteiger partial charge in [0.15, 0.2) is 0 Å². The van der Waals surface area contributed by atoms with Crippen molar-refractivity contribution in [3.63, 3.8) is 0 Å². The molecule has 4 rings (SSSR count). The van der Waals surface area contributed by atoms with Crippen LogP contribution in [-0.4, -0.2) is 28.9 Å². The van der Waals surface area contributed by atoms with E-state index in [1.807, 2.05) is 0 Å². The van der Waals surface area contributed by atoms with E-state index in [4.69, 9.17) is 0 Å². The highest BCUT2D eigenvalue weighted by molar-refractivity contribution is 7.60. The van der Waals surface area contributed by atoms with Gasteiger partial charge in [0.1, 0.15) is 0 Å². The molecule has 1 aliphatic heterocycles. The molecule has 28 heavy (non-hydrogen) atoms. The molecular weight excluding hydrogens is 371 g/mol. The van der Waals surface area contributed by atoms with Crippen molar-refractivity contribution in [3.8, 4) is 0 Å². The van der Waals surface area contributed by atoms with Crippen molar-refractivity contribution in [2.75, 3.05) is 18.0 Å². The quantitative estimate of drug-likeness (QED) is 0.575. The summed E-state index contributed by atoms with van der Waals surface area (Å²) in [5.41, 5.74) is 2.31. The van der Waals surface area contributed by atoms with Crippen LogP contribution in [0.2, 0.25) is 0 Å². The van der Waals surface area contributed by atoms with Crippen molar-refractivity contribution in [1.29, 1.82) is 0 Å². The Morgan fingerprint density at radius 2 is 1.75 bits per heavy atom. The Balaban J connectivity index is 1.44. The van der Waals surface area contributed by atoms with E-state index in [1.54, 1.807) is 12.1 Å². The number of hydrogen-bond acceptors (Lipinski definition) is 3. The predicted octanol–water partition coefficient (Wildman–Crippen LogP) is 3.57. The maximum absolute atomic E-state index is 11.3. The van der Waals surface area contributed by atoms with Crippen LogP contribution in [0.15, 0.2) is 66.7 Å². The van der Waals surface area contributed by atoms with Crippen LogP contribution in [0.4, 0.5) is 5.69 Å². The molecule has 0 bridgehead atoms. The van der Waals surface area contributed by atoms with Gasteiger partial charge in [0.2, 0.25) is 0 Å².